The second-order valence-corrected chi connectivity index (χ2v) is 5.55. The minimum absolute atomic E-state index is 0.139. The van der Waals surface area contributed by atoms with E-state index in [1.807, 2.05) is 38.1 Å². The summed E-state index contributed by atoms with van der Waals surface area (Å²) < 4.78 is 11.4. The molecule has 0 saturated carbocycles. The molecule has 0 unspecified atom stereocenters. The van der Waals surface area contributed by atoms with E-state index in [4.69, 9.17) is 9.15 Å². The van der Waals surface area contributed by atoms with Gasteiger partial charge in [0.25, 0.3) is 0 Å². The van der Waals surface area contributed by atoms with Crippen molar-refractivity contribution in [2.75, 3.05) is 6.54 Å². The van der Waals surface area contributed by atoms with Gasteiger partial charge in [-0.1, -0.05) is 19.9 Å². The van der Waals surface area contributed by atoms with Crippen molar-refractivity contribution in [1.29, 1.82) is 0 Å². The Kier molecular flexibility index (Phi) is 5.33. The van der Waals surface area contributed by atoms with Crippen LogP contribution in [0.1, 0.15) is 33.6 Å². The van der Waals surface area contributed by atoms with Crippen LogP contribution >= 0.6 is 0 Å². The lowest BCUT2D eigenvalue weighted by Gasteiger charge is -2.09. The molecule has 0 aliphatic heterocycles. The maximum atomic E-state index is 5.69. The fraction of sp³-hybridized carbons (Fsp3) is 0.500. The summed E-state index contributed by atoms with van der Waals surface area (Å²) >= 11 is 0. The first kappa shape index (κ1) is 15.5. The van der Waals surface area contributed by atoms with Crippen molar-refractivity contribution in [3.63, 3.8) is 0 Å². The van der Waals surface area contributed by atoms with Crippen LogP contribution in [-0.2, 0) is 6.42 Å². The van der Waals surface area contributed by atoms with Crippen molar-refractivity contribution < 1.29 is 9.15 Å². The van der Waals surface area contributed by atoms with E-state index in [0.29, 0.717) is 17.8 Å². The molecule has 21 heavy (non-hydrogen) atoms. The molecule has 0 aliphatic carbocycles. The SMILES string of the molecule is CC(C)NCCc1nnc(-c2cccc(OC(C)C)c2)o1. The number of nitrogens with zero attached hydrogens (tertiary/aromatic N) is 2. The standard InChI is InChI=1S/C16H23N3O2/c1-11(2)17-9-8-15-18-19-16(21-15)13-6-5-7-14(10-13)20-12(3)4/h5-7,10-12,17H,8-9H2,1-4H3. The largest absolute Gasteiger partial charge is 0.491 e. The first-order chi connectivity index (χ1) is 10.0. The molecule has 1 heterocycles. The average molecular weight is 289 g/mol. The number of benzene rings is 1. The second-order valence-electron chi connectivity index (χ2n) is 5.55. The third kappa shape index (κ3) is 4.86. The first-order valence-electron chi connectivity index (χ1n) is 7.37. The molecule has 5 heteroatoms. The molecule has 0 spiro atoms. The van der Waals surface area contributed by atoms with E-state index in [0.717, 1.165) is 24.3 Å². The molecule has 0 bridgehead atoms. The van der Waals surface area contributed by atoms with Crippen LogP contribution in [0.3, 0.4) is 0 Å². The highest BCUT2D eigenvalue weighted by Gasteiger charge is 2.10. The highest BCUT2D eigenvalue weighted by Crippen LogP contribution is 2.23. The molecule has 0 radical (unpaired) electrons. The van der Waals surface area contributed by atoms with Crippen LogP contribution in [0.4, 0.5) is 0 Å². The van der Waals surface area contributed by atoms with Crippen molar-refractivity contribution in [3.05, 3.63) is 30.2 Å². The van der Waals surface area contributed by atoms with Gasteiger partial charge in [0.2, 0.25) is 11.8 Å². The molecule has 114 valence electrons. The van der Waals surface area contributed by atoms with Crippen LogP contribution in [0.15, 0.2) is 28.7 Å². The quantitative estimate of drug-likeness (QED) is 0.849. The van der Waals surface area contributed by atoms with E-state index >= 15 is 0 Å². The molecule has 0 saturated heterocycles. The monoisotopic (exact) mass is 289 g/mol. The Morgan fingerprint density at radius 2 is 2.00 bits per heavy atom. The number of hydrogen-bond donors (Lipinski definition) is 1. The molecular weight excluding hydrogens is 266 g/mol. The van der Waals surface area contributed by atoms with E-state index in [1.165, 1.54) is 0 Å². The summed E-state index contributed by atoms with van der Waals surface area (Å²) in [6.07, 6.45) is 0.869. The Morgan fingerprint density at radius 1 is 1.19 bits per heavy atom. The van der Waals surface area contributed by atoms with Crippen LogP contribution in [0, 0.1) is 0 Å². The topological polar surface area (TPSA) is 60.2 Å². The van der Waals surface area contributed by atoms with Crippen molar-refractivity contribution in [1.82, 2.24) is 15.5 Å². The number of rotatable bonds is 7. The molecule has 1 aromatic heterocycles. The maximum Gasteiger partial charge on any atom is 0.247 e. The molecule has 0 atom stereocenters. The zero-order chi connectivity index (χ0) is 15.2. The van der Waals surface area contributed by atoms with Crippen LogP contribution in [0.2, 0.25) is 0 Å². The molecule has 5 nitrogen and oxygen atoms in total. The maximum absolute atomic E-state index is 5.69. The summed E-state index contributed by atoms with van der Waals surface area (Å²) in [7, 11) is 0. The van der Waals surface area contributed by atoms with Gasteiger partial charge < -0.3 is 14.5 Å². The van der Waals surface area contributed by atoms with Gasteiger partial charge in [-0.25, -0.2) is 0 Å². The highest BCUT2D eigenvalue weighted by molar-refractivity contribution is 5.55. The van der Waals surface area contributed by atoms with Gasteiger partial charge in [-0.3, -0.25) is 0 Å². The van der Waals surface area contributed by atoms with E-state index < -0.39 is 0 Å². The van der Waals surface area contributed by atoms with Gasteiger partial charge in [0, 0.05) is 24.6 Å². The van der Waals surface area contributed by atoms with Crippen LogP contribution in [0.25, 0.3) is 11.5 Å². The van der Waals surface area contributed by atoms with Crippen LogP contribution in [-0.4, -0.2) is 28.9 Å². The van der Waals surface area contributed by atoms with Crippen LogP contribution < -0.4 is 10.1 Å². The fourth-order valence-corrected chi connectivity index (χ4v) is 1.91. The molecule has 2 rings (SSSR count). The van der Waals surface area contributed by atoms with Crippen molar-refractivity contribution in [3.8, 4) is 17.2 Å². The normalized spacial score (nSPS) is 11.3. The minimum Gasteiger partial charge on any atom is -0.491 e. The molecule has 1 N–H and O–H groups in total. The lowest BCUT2D eigenvalue weighted by molar-refractivity contribution is 0.242. The highest BCUT2D eigenvalue weighted by atomic mass is 16.5. The summed E-state index contributed by atoms with van der Waals surface area (Å²) in [4.78, 5) is 0. The van der Waals surface area contributed by atoms with Gasteiger partial charge in [-0.05, 0) is 32.0 Å². The smallest absolute Gasteiger partial charge is 0.247 e. The Hall–Kier alpha value is -1.88. The fourth-order valence-electron chi connectivity index (χ4n) is 1.91. The summed E-state index contributed by atoms with van der Waals surface area (Å²) in [5.41, 5.74) is 0.878. The van der Waals surface area contributed by atoms with Crippen molar-refractivity contribution in [2.45, 2.75) is 46.3 Å². The summed E-state index contributed by atoms with van der Waals surface area (Å²) in [6.45, 7) is 9.05. The summed E-state index contributed by atoms with van der Waals surface area (Å²) in [6, 6.07) is 8.17. The number of aromatic nitrogens is 2. The predicted molar refractivity (Wildman–Crippen MR) is 82.3 cm³/mol. The van der Waals surface area contributed by atoms with Crippen molar-refractivity contribution in [2.24, 2.45) is 0 Å². The number of ether oxygens (including phenoxy) is 1. The summed E-state index contributed by atoms with van der Waals surface area (Å²) in [5.74, 6) is 1.99. The predicted octanol–water partition coefficient (Wildman–Crippen LogP) is 3.06. The molecule has 1 aromatic carbocycles. The Bertz CT molecular complexity index is 564. The Balaban J connectivity index is 2.03. The van der Waals surface area contributed by atoms with Gasteiger partial charge in [-0.2, -0.15) is 0 Å². The van der Waals surface area contributed by atoms with E-state index in [-0.39, 0.29) is 6.10 Å². The zero-order valence-corrected chi connectivity index (χ0v) is 13.1. The molecule has 0 fully saturated rings. The second kappa shape index (κ2) is 7.22. The van der Waals surface area contributed by atoms with Gasteiger partial charge in [-0.15, -0.1) is 10.2 Å². The lowest BCUT2D eigenvalue weighted by atomic mass is 10.2. The van der Waals surface area contributed by atoms with Gasteiger partial charge in [0.15, 0.2) is 0 Å². The first-order valence-corrected chi connectivity index (χ1v) is 7.37. The van der Waals surface area contributed by atoms with Crippen molar-refractivity contribution >= 4 is 0 Å². The van der Waals surface area contributed by atoms with Gasteiger partial charge >= 0.3 is 0 Å². The zero-order valence-electron chi connectivity index (χ0n) is 13.1. The Labute approximate surface area is 125 Å². The molecule has 2 aromatic rings. The minimum atomic E-state index is 0.139. The third-order valence-electron chi connectivity index (χ3n) is 2.81. The van der Waals surface area contributed by atoms with Gasteiger partial charge in [0.1, 0.15) is 5.75 Å². The molecule has 0 amide bonds. The number of nitrogens with one attached hydrogen (secondary N) is 1. The lowest BCUT2D eigenvalue weighted by Crippen LogP contribution is -2.25. The van der Waals surface area contributed by atoms with Crippen LogP contribution in [0.5, 0.6) is 5.75 Å². The third-order valence-corrected chi connectivity index (χ3v) is 2.81. The van der Waals surface area contributed by atoms with E-state index in [9.17, 15) is 0 Å². The average Bonchev–Trinajstić information content (AvgIpc) is 2.86. The molecular formula is C16H23N3O2. The molecule has 0 aliphatic rings. The Morgan fingerprint density at radius 3 is 2.71 bits per heavy atom. The van der Waals surface area contributed by atoms with E-state index in [2.05, 4.69) is 29.4 Å². The van der Waals surface area contributed by atoms with E-state index in [1.54, 1.807) is 0 Å². The number of hydrogen-bond acceptors (Lipinski definition) is 5. The van der Waals surface area contributed by atoms with Gasteiger partial charge in [0.05, 0.1) is 6.10 Å². The summed E-state index contributed by atoms with van der Waals surface area (Å²) in [5, 5.41) is 11.5.